The Hall–Kier alpha value is -1.58. The normalized spacial score (nSPS) is 16.8. The van der Waals surface area contributed by atoms with E-state index in [1.165, 1.54) is 35.2 Å². The van der Waals surface area contributed by atoms with Gasteiger partial charge in [-0.05, 0) is 45.0 Å². The number of aromatic nitrogens is 2. The third kappa shape index (κ3) is 4.38. The van der Waals surface area contributed by atoms with Gasteiger partial charge in [-0.2, -0.15) is 0 Å². The molecule has 0 saturated carbocycles. The number of carbonyl (C=O) groups excluding carboxylic acids is 1. The topological polar surface area (TPSA) is 66.3 Å². The Balaban J connectivity index is 1.51. The van der Waals surface area contributed by atoms with E-state index in [-0.39, 0.29) is 16.6 Å². The summed E-state index contributed by atoms with van der Waals surface area (Å²) in [5.74, 6) is 0.113. The Kier molecular flexibility index (Phi) is 6.14. The van der Waals surface area contributed by atoms with Gasteiger partial charge in [0.1, 0.15) is 22.3 Å². The van der Waals surface area contributed by atoms with Crippen molar-refractivity contribution in [3.8, 4) is 0 Å². The molecule has 0 amide bonds. The molecule has 1 aromatic carbocycles. The second kappa shape index (κ2) is 8.51. The number of aliphatic hydroxyl groups is 1. The average molecular weight is 466 g/mol. The molecule has 0 atom stereocenters. The van der Waals surface area contributed by atoms with Crippen molar-refractivity contribution >= 4 is 51.4 Å². The van der Waals surface area contributed by atoms with E-state index >= 15 is 0 Å². The van der Waals surface area contributed by atoms with Crippen molar-refractivity contribution in [1.82, 2.24) is 14.9 Å². The number of ketones is 1. The number of halogens is 2. The molecule has 0 bridgehead atoms. The van der Waals surface area contributed by atoms with Gasteiger partial charge in [-0.25, -0.2) is 14.4 Å². The van der Waals surface area contributed by atoms with Crippen molar-refractivity contribution in [2.24, 2.45) is 0 Å². The van der Waals surface area contributed by atoms with Crippen LogP contribution in [-0.2, 0) is 5.60 Å². The number of nitrogens with zero attached hydrogens (tertiary/aromatic N) is 3. The summed E-state index contributed by atoms with van der Waals surface area (Å²) in [4.78, 5) is 25.1. The van der Waals surface area contributed by atoms with Crippen molar-refractivity contribution < 1.29 is 14.3 Å². The molecule has 0 aliphatic carbocycles. The van der Waals surface area contributed by atoms with Crippen LogP contribution in [0.2, 0.25) is 5.02 Å². The molecule has 5 nitrogen and oxygen atoms in total. The number of thioether (sulfide) groups is 1. The number of hydrogen-bond donors (Lipinski definition) is 1. The molecule has 1 saturated heterocycles. The maximum atomic E-state index is 13.8. The SMILES string of the molecule is Cc1nc(SCC(=O)c2ccc(C3(O)CCN(C)CC3)s2)c2cc(Cl)c(F)cc2n1. The fourth-order valence-electron chi connectivity index (χ4n) is 3.49. The summed E-state index contributed by atoms with van der Waals surface area (Å²) in [6.07, 6.45) is 1.33. The smallest absolute Gasteiger partial charge is 0.183 e. The Morgan fingerprint density at radius 3 is 2.80 bits per heavy atom. The van der Waals surface area contributed by atoms with Crippen molar-refractivity contribution in [1.29, 1.82) is 0 Å². The molecule has 3 aromatic rings. The summed E-state index contributed by atoms with van der Waals surface area (Å²) in [5, 5.41) is 12.2. The van der Waals surface area contributed by atoms with Gasteiger partial charge >= 0.3 is 0 Å². The Morgan fingerprint density at radius 1 is 1.33 bits per heavy atom. The lowest BCUT2D eigenvalue weighted by atomic mass is 9.90. The van der Waals surface area contributed by atoms with E-state index in [1.54, 1.807) is 13.0 Å². The van der Waals surface area contributed by atoms with Crippen LogP contribution in [0.3, 0.4) is 0 Å². The van der Waals surface area contributed by atoms with Crippen molar-refractivity contribution in [3.05, 3.63) is 50.7 Å². The molecule has 0 radical (unpaired) electrons. The van der Waals surface area contributed by atoms with Gasteiger partial charge in [0.05, 0.1) is 21.2 Å². The first kappa shape index (κ1) is 21.6. The van der Waals surface area contributed by atoms with Crippen molar-refractivity contribution in [2.45, 2.75) is 30.4 Å². The molecule has 1 aliphatic rings. The first-order valence-electron chi connectivity index (χ1n) is 9.56. The number of hydrogen-bond acceptors (Lipinski definition) is 7. The number of likely N-dealkylation sites (tertiary alicyclic amines) is 1. The molecule has 9 heteroatoms. The van der Waals surface area contributed by atoms with E-state index in [2.05, 4.69) is 14.9 Å². The highest BCUT2D eigenvalue weighted by molar-refractivity contribution is 8.00. The van der Waals surface area contributed by atoms with Gasteiger partial charge in [-0.15, -0.1) is 11.3 Å². The van der Waals surface area contributed by atoms with Crippen LogP contribution in [0.15, 0.2) is 29.3 Å². The Bertz CT molecular complexity index is 1110. The van der Waals surface area contributed by atoms with E-state index in [0.717, 1.165) is 18.0 Å². The molecule has 30 heavy (non-hydrogen) atoms. The fraction of sp³-hybridized carbons (Fsp3) is 0.381. The molecule has 1 aliphatic heterocycles. The van der Waals surface area contributed by atoms with Gasteiger partial charge in [-0.1, -0.05) is 23.4 Å². The second-order valence-corrected chi connectivity index (χ2v) is 10.0. The molecule has 0 unspecified atom stereocenters. The fourth-order valence-corrected chi connectivity index (χ4v) is 5.78. The number of rotatable bonds is 5. The van der Waals surface area contributed by atoms with E-state index in [9.17, 15) is 14.3 Å². The molecule has 1 N–H and O–H groups in total. The van der Waals surface area contributed by atoms with Crippen LogP contribution in [0.5, 0.6) is 0 Å². The maximum absolute atomic E-state index is 13.8. The highest BCUT2D eigenvalue weighted by Crippen LogP contribution is 2.37. The third-order valence-corrected chi connectivity index (χ3v) is 7.91. The first-order chi connectivity index (χ1) is 14.2. The van der Waals surface area contributed by atoms with Crippen LogP contribution >= 0.6 is 34.7 Å². The van der Waals surface area contributed by atoms with Crippen LogP contribution in [0.25, 0.3) is 10.9 Å². The van der Waals surface area contributed by atoms with Crippen molar-refractivity contribution in [3.63, 3.8) is 0 Å². The molecule has 3 heterocycles. The van der Waals surface area contributed by atoms with Crippen LogP contribution < -0.4 is 0 Å². The lowest BCUT2D eigenvalue weighted by Gasteiger charge is -2.35. The Morgan fingerprint density at radius 2 is 2.07 bits per heavy atom. The summed E-state index contributed by atoms with van der Waals surface area (Å²) in [5.41, 5.74) is -0.397. The number of thiophene rings is 1. The number of carbonyl (C=O) groups is 1. The summed E-state index contributed by atoms with van der Waals surface area (Å²) < 4.78 is 13.8. The van der Waals surface area contributed by atoms with E-state index in [0.29, 0.717) is 39.5 Å². The maximum Gasteiger partial charge on any atom is 0.183 e. The Labute approximate surface area is 187 Å². The minimum absolute atomic E-state index is 0.00241. The van der Waals surface area contributed by atoms with Crippen LogP contribution in [0, 0.1) is 12.7 Å². The lowest BCUT2D eigenvalue weighted by Crippen LogP contribution is -2.40. The van der Waals surface area contributed by atoms with Gasteiger partial charge in [0.15, 0.2) is 5.78 Å². The summed E-state index contributed by atoms with van der Waals surface area (Å²) >= 11 is 8.57. The first-order valence-corrected chi connectivity index (χ1v) is 11.7. The molecule has 2 aromatic heterocycles. The molecule has 158 valence electrons. The van der Waals surface area contributed by atoms with E-state index < -0.39 is 11.4 Å². The second-order valence-electron chi connectivity index (χ2n) is 7.57. The van der Waals surface area contributed by atoms with Crippen LogP contribution in [0.1, 0.15) is 33.2 Å². The van der Waals surface area contributed by atoms with Gasteiger partial charge in [0.25, 0.3) is 0 Å². The van der Waals surface area contributed by atoms with E-state index in [1.807, 2.05) is 13.1 Å². The molecule has 4 rings (SSSR count). The highest BCUT2D eigenvalue weighted by atomic mass is 35.5. The van der Waals surface area contributed by atoms with Crippen LogP contribution in [-0.4, -0.2) is 51.6 Å². The number of aryl methyl sites for hydroxylation is 1. The summed E-state index contributed by atoms with van der Waals surface area (Å²) in [7, 11) is 2.04. The number of piperidine rings is 1. The summed E-state index contributed by atoms with van der Waals surface area (Å²) in [6, 6.07) is 6.43. The largest absolute Gasteiger partial charge is 0.384 e. The zero-order valence-corrected chi connectivity index (χ0v) is 19.0. The summed E-state index contributed by atoms with van der Waals surface area (Å²) in [6.45, 7) is 3.39. The lowest BCUT2D eigenvalue weighted by molar-refractivity contribution is -0.0172. The van der Waals surface area contributed by atoms with Crippen LogP contribution in [0.4, 0.5) is 4.39 Å². The van der Waals surface area contributed by atoms with Gasteiger partial charge < -0.3 is 10.0 Å². The predicted molar refractivity (Wildman–Crippen MR) is 119 cm³/mol. The zero-order valence-electron chi connectivity index (χ0n) is 16.6. The third-order valence-electron chi connectivity index (χ3n) is 5.31. The number of benzene rings is 1. The highest BCUT2D eigenvalue weighted by Gasteiger charge is 2.34. The van der Waals surface area contributed by atoms with E-state index in [4.69, 9.17) is 11.6 Å². The van der Waals surface area contributed by atoms with Crippen molar-refractivity contribution in [2.75, 3.05) is 25.9 Å². The van der Waals surface area contributed by atoms with Gasteiger partial charge in [0, 0.05) is 29.4 Å². The zero-order chi connectivity index (χ0) is 21.5. The standard InChI is InChI=1S/C21H21ClFN3O2S2/c1-12-24-16-10-15(23)14(22)9-13(16)20(25-12)29-11-17(27)18-3-4-19(30-18)21(28)5-7-26(2)8-6-21/h3-4,9-10,28H,5-8,11H2,1-2H3. The molecular formula is C21H21ClFN3O2S2. The predicted octanol–water partition coefficient (Wildman–Crippen LogP) is 4.68. The minimum atomic E-state index is -0.857. The number of fused-ring (bicyclic) bond motifs is 1. The minimum Gasteiger partial charge on any atom is -0.384 e. The van der Waals surface area contributed by atoms with Gasteiger partial charge in [0.2, 0.25) is 0 Å². The molecular weight excluding hydrogens is 445 g/mol. The monoisotopic (exact) mass is 465 g/mol. The molecule has 1 fully saturated rings. The molecule has 0 spiro atoms. The van der Waals surface area contributed by atoms with Gasteiger partial charge in [-0.3, -0.25) is 4.79 Å². The number of Topliss-reactive ketones (excluding diaryl/α,β-unsaturated/α-hetero) is 1. The quantitative estimate of drug-likeness (QED) is 0.335. The average Bonchev–Trinajstić information content (AvgIpc) is 3.21.